The fourth-order valence-electron chi connectivity index (χ4n) is 2.00. The molecule has 0 atom stereocenters. The number of nitrogens with zero attached hydrogens (tertiary/aromatic N) is 2. The third kappa shape index (κ3) is 1.29. The fraction of sp³-hybridized carbons (Fsp3) is 0.167. The van der Waals surface area contributed by atoms with Gasteiger partial charge in [0.1, 0.15) is 10.3 Å². The van der Waals surface area contributed by atoms with Crippen LogP contribution >= 0.6 is 11.3 Å². The first kappa shape index (κ1) is 10.3. The van der Waals surface area contributed by atoms with Crippen LogP contribution in [0.5, 0.6) is 0 Å². The van der Waals surface area contributed by atoms with Crippen molar-refractivity contribution in [2.75, 3.05) is 0 Å². The van der Waals surface area contributed by atoms with Crippen LogP contribution in [0.15, 0.2) is 34.6 Å². The lowest BCUT2D eigenvalue weighted by atomic mass is 10.4. The predicted molar refractivity (Wildman–Crippen MR) is 68.0 cm³/mol. The van der Waals surface area contributed by atoms with Gasteiger partial charge < -0.3 is 4.40 Å². The van der Waals surface area contributed by atoms with Crippen molar-refractivity contribution in [3.63, 3.8) is 0 Å². The molecule has 0 N–H and O–H groups in total. The predicted octanol–water partition coefficient (Wildman–Crippen LogP) is 2.37. The Morgan fingerprint density at radius 3 is 2.94 bits per heavy atom. The number of hydrogen-bond donors (Lipinski definition) is 0. The second kappa shape index (κ2) is 3.56. The van der Waals surface area contributed by atoms with Gasteiger partial charge in [0.15, 0.2) is 0 Å². The van der Waals surface area contributed by atoms with Gasteiger partial charge in [-0.25, -0.2) is 4.57 Å². The molecule has 17 heavy (non-hydrogen) atoms. The molecule has 0 spiro atoms. The maximum absolute atomic E-state index is 12.2. The van der Waals surface area contributed by atoms with E-state index in [2.05, 4.69) is 0 Å². The molecule has 4 nitrogen and oxygen atoms in total. The number of thiophene rings is 1. The largest absolute Gasteiger partial charge is 0.310 e. The lowest BCUT2D eigenvalue weighted by molar-refractivity contribution is 0.0911. The Morgan fingerprint density at radius 1 is 1.35 bits per heavy atom. The van der Waals surface area contributed by atoms with Crippen molar-refractivity contribution in [3.05, 3.63) is 40.1 Å². The first-order valence-corrected chi connectivity index (χ1v) is 6.24. The molecule has 0 aliphatic rings. The van der Waals surface area contributed by atoms with Gasteiger partial charge in [0.2, 0.25) is 5.91 Å². The van der Waals surface area contributed by atoms with Gasteiger partial charge in [0, 0.05) is 12.6 Å². The highest BCUT2D eigenvalue weighted by molar-refractivity contribution is 7.16. The van der Waals surface area contributed by atoms with E-state index in [4.69, 9.17) is 0 Å². The van der Waals surface area contributed by atoms with E-state index in [1.54, 1.807) is 13.0 Å². The van der Waals surface area contributed by atoms with E-state index in [0.29, 0.717) is 16.8 Å². The molecule has 3 aromatic rings. The maximum atomic E-state index is 12.2. The van der Waals surface area contributed by atoms with Crippen LogP contribution in [-0.4, -0.2) is 14.9 Å². The molecule has 0 aliphatic carbocycles. The zero-order chi connectivity index (χ0) is 12.0. The summed E-state index contributed by atoms with van der Waals surface area (Å²) in [5, 5.41) is 1.89. The van der Waals surface area contributed by atoms with Crippen molar-refractivity contribution >= 4 is 33.1 Å². The third-order valence-corrected chi connectivity index (χ3v) is 3.70. The second-order valence-corrected chi connectivity index (χ2v) is 4.66. The summed E-state index contributed by atoms with van der Waals surface area (Å²) in [6, 6.07) is 5.47. The second-order valence-electron chi connectivity index (χ2n) is 3.76. The average Bonchev–Trinajstić information content (AvgIpc) is 2.95. The molecule has 5 heteroatoms. The number of aromatic nitrogens is 2. The van der Waals surface area contributed by atoms with Crippen LogP contribution in [0.3, 0.4) is 0 Å². The van der Waals surface area contributed by atoms with Crippen LogP contribution in [0.1, 0.15) is 18.1 Å². The zero-order valence-electron chi connectivity index (χ0n) is 9.21. The minimum absolute atomic E-state index is 0.161. The lowest BCUT2D eigenvalue weighted by Crippen LogP contribution is -2.27. The number of rotatable bonds is 1. The molecule has 3 rings (SSSR count). The zero-order valence-corrected chi connectivity index (χ0v) is 10.0. The summed E-state index contributed by atoms with van der Waals surface area (Å²) in [4.78, 5) is 24.8. The van der Waals surface area contributed by atoms with Crippen LogP contribution in [-0.2, 0) is 0 Å². The Bertz CT molecular complexity index is 779. The first-order valence-electron chi connectivity index (χ1n) is 5.36. The van der Waals surface area contributed by atoms with Crippen LogP contribution < -0.4 is 5.56 Å². The SMILES string of the molecule is CCC(=O)n1c(=O)c2cccn2c2ccsc21. The van der Waals surface area contributed by atoms with Crippen molar-refractivity contribution < 1.29 is 4.79 Å². The molecule has 86 valence electrons. The summed E-state index contributed by atoms with van der Waals surface area (Å²) in [7, 11) is 0. The Labute approximate surface area is 101 Å². The van der Waals surface area contributed by atoms with Crippen molar-refractivity contribution in [1.29, 1.82) is 0 Å². The highest BCUT2D eigenvalue weighted by atomic mass is 32.1. The van der Waals surface area contributed by atoms with E-state index < -0.39 is 0 Å². The van der Waals surface area contributed by atoms with Gasteiger partial charge in [-0.3, -0.25) is 9.59 Å². The first-order chi connectivity index (χ1) is 8.24. The molecular formula is C12H10N2O2S. The molecule has 0 fully saturated rings. The van der Waals surface area contributed by atoms with Crippen molar-refractivity contribution in [2.24, 2.45) is 0 Å². The molecule has 0 aromatic carbocycles. The Balaban J connectivity index is 2.60. The van der Waals surface area contributed by atoms with Crippen LogP contribution in [0.2, 0.25) is 0 Å². The van der Waals surface area contributed by atoms with Gasteiger partial charge >= 0.3 is 0 Å². The van der Waals surface area contributed by atoms with Gasteiger partial charge in [0.25, 0.3) is 5.56 Å². The average molecular weight is 246 g/mol. The van der Waals surface area contributed by atoms with Gasteiger partial charge in [-0.15, -0.1) is 11.3 Å². The Hall–Kier alpha value is -1.88. The van der Waals surface area contributed by atoms with Crippen molar-refractivity contribution in [2.45, 2.75) is 13.3 Å². The minimum Gasteiger partial charge on any atom is -0.310 e. The molecule has 0 amide bonds. The molecule has 3 aromatic heterocycles. The van der Waals surface area contributed by atoms with Crippen LogP contribution in [0.4, 0.5) is 0 Å². The van der Waals surface area contributed by atoms with Gasteiger partial charge in [-0.2, -0.15) is 0 Å². The highest BCUT2D eigenvalue weighted by Crippen LogP contribution is 2.21. The van der Waals surface area contributed by atoms with Gasteiger partial charge in [-0.1, -0.05) is 6.92 Å². The molecule has 0 saturated carbocycles. The molecule has 3 heterocycles. The minimum atomic E-state index is -0.239. The van der Waals surface area contributed by atoms with Gasteiger partial charge in [-0.05, 0) is 23.6 Å². The summed E-state index contributed by atoms with van der Waals surface area (Å²) in [5.74, 6) is -0.161. The van der Waals surface area contributed by atoms with E-state index in [9.17, 15) is 9.59 Å². The maximum Gasteiger partial charge on any atom is 0.282 e. The number of carbonyl (C=O) groups excluding carboxylic acids is 1. The summed E-state index contributed by atoms with van der Waals surface area (Å²) < 4.78 is 3.11. The van der Waals surface area contributed by atoms with Crippen LogP contribution in [0, 0.1) is 0 Å². The summed E-state index contributed by atoms with van der Waals surface area (Å²) in [5.41, 5.74) is 1.20. The normalized spacial score (nSPS) is 11.4. The Morgan fingerprint density at radius 2 is 2.18 bits per heavy atom. The summed E-state index contributed by atoms with van der Waals surface area (Å²) in [6.45, 7) is 1.76. The number of hydrogen-bond acceptors (Lipinski definition) is 3. The van der Waals surface area contributed by atoms with Crippen molar-refractivity contribution in [3.8, 4) is 0 Å². The molecule has 0 bridgehead atoms. The topological polar surface area (TPSA) is 43.5 Å². The summed E-state index contributed by atoms with van der Waals surface area (Å²) in [6.07, 6.45) is 2.16. The number of fused-ring (bicyclic) bond motifs is 3. The third-order valence-electron chi connectivity index (χ3n) is 2.81. The number of carbonyl (C=O) groups is 1. The van der Waals surface area contributed by atoms with E-state index in [-0.39, 0.29) is 11.5 Å². The summed E-state index contributed by atoms with van der Waals surface area (Å²) >= 11 is 1.41. The molecule has 0 aliphatic heterocycles. The van der Waals surface area contributed by atoms with E-state index in [1.165, 1.54) is 15.9 Å². The lowest BCUT2D eigenvalue weighted by Gasteiger charge is -2.06. The molecule has 0 saturated heterocycles. The van der Waals surface area contributed by atoms with Gasteiger partial charge in [0.05, 0.1) is 5.52 Å². The van der Waals surface area contributed by atoms with E-state index in [1.807, 2.05) is 28.1 Å². The Kier molecular flexibility index (Phi) is 2.16. The molecular weight excluding hydrogens is 236 g/mol. The van der Waals surface area contributed by atoms with E-state index >= 15 is 0 Å². The van der Waals surface area contributed by atoms with Crippen LogP contribution in [0.25, 0.3) is 15.9 Å². The smallest absolute Gasteiger partial charge is 0.282 e. The monoisotopic (exact) mass is 246 g/mol. The molecule has 0 unspecified atom stereocenters. The highest BCUT2D eigenvalue weighted by Gasteiger charge is 2.15. The van der Waals surface area contributed by atoms with Crippen molar-refractivity contribution in [1.82, 2.24) is 8.97 Å². The standard InChI is InChI=1S/C12H10N2O2S/c1-2-10(15)14-11(16)8-4-3-6-13(8)9-5-7-17-12(9)14/h3-7H,2H2,1H3. The van der Waals surface area contributed by atoms with E-state index in [0.717, 1.165) is 5.52 Å². The fourth-order valence-corrected chi connectivity index (χ4v) is 2.90. The molecule has 0 radical (unpaired) electrons. The quantitative estimate of drug-likeness (QED) is 0.661.